The lowest BCUT2D eigenvalue weighted by Gasteiger charge is -2.34. The van der Waals surface area contributed by atoms with Gasteiger partial charge in [-0.3, -0.25) is 19.8 Å². The van der Waals surface area contributed by atoms with E-state index in [0.29, 0.717) is 12.1 Å². The highest BCUT2D eigenvalue weighted by Crippen LogP contribution is 2.31. The van der Waals surface area contributed by atoms with Crippen molar-refractivity contribution in [1.29, 1.82) is 0 Å². The smallest absolute Gasteiger partial charge is 0.0544 e. The van der Waals surface area contributed by atoms with Gasteiger partial charge in [0.25, 0.3) is 0 Å². The standard InChI is InChI=1S/C20H26N4/c1-3-11-21-17(7-1)15-23-13-5-9-19(23)20-10-6-14-24(20)16-18-8-2-4-12-22-18/h1-4,7-8,11-12,19-20H,5-6,9-10,13-16H2/t19-,20?/m0/s1. The molecule has 1 unspecified atom stereocenters. The molecule has 24 heavy (non-hydrogen) atoms. The summed E-state index contributed by atoms with van der Waals surface area (Å²) in [7, 11) is 0. The third-order valence-corrected chi connectivity index (χ3v) is 5.46. The fourth-order valence-electron chi connectivity index (χ4n) is 4.37. The average Bonchev–Trinajstić information content (AvgIpc) is 3.26. The zero-order valence-corrected chi connectivity index (χ0v) is 14.2. The van der Waals surface area contributed by atoms with Crippen molar-refractivity contribution in [2.45, 2.75) is 50.9 Å². The number of hydrogen-bond donors (Lipinski definition) is 0. The van der Waals surface area contributed by atoms with E-state index in [9.17, 15) is 0 Å². The van der Waals surface area contributed by atoms with Gasteiger partial charge in [0.15, 0.2) is 0 Å². The second kappa shape index (κ2) is 7.41. The van der Waals surface area contributed by atoms with Crippen molar-refractivity contribution in [3.8, 4) is 0 Å². The molecular formula is C20H26N4. The van der Waals surface area contributed by atoms with Crippen molar-refractivity contribution in [1.82, 2.24) is 19.8 Å². The molecule has 2 aliphatic heterocycles. The van der Waals surface area contributed by atoms with Crippen LogP contribution in [0.4, 0.5) is 0 Å². The van der Waals surface area contributed by atoms with Crippen molar-refractivity contribution in [2.75, 3.05) is 13.1 Å². The van der Waals surface area contributed by atoms with Crippen LogP contribution in [0.25, 0.3) is 0 Å². The first-order valence-corrected chi connectivity index (χ1v) is 9.18. The SMILES string of the molecule is c1ccc(CN2CCCC2[C@@H]2CCCN2Cc2ccccn2)nc1. The highest BCUT2D eigenvalue weighted by Gasteiger charge is 2.37. The molecule has 0 bridgehead atoms. The van der Waals surface area contributed by atoms with Gasteiger partial charge in [0.1, 0.15) is 0 Å². The van der Waals surface area contributed by atoms with E-state index in [1.165, 1.54) is 50.2 Å². The van der Waals surface area contributed by atoms with Gasteiger partial charge in [0, 0.05) is 37.6 Å². The summed E-state index contributed by atoms with van der Waals surface area (Å²) in [5, 5.41) is 0. The molecule has 2 fully saturated rings. The van der Waals surface area contributed by atoms with Crippen LogP contribution < -0.4 is 0 Å². The number of pyridine rings is 2. The molecule has 2 saturated heterocycles. The number of rotatable bonds is 5. The van der Waals surface area contributed by atoms with Gasteiger partial charge in [-0.15, -0.1) is 0 Å². The average molecular weight is 322 g/mol. The fraction of sp³-hybridized carbons (Fsp3) is 0.500. The van der Waals surface area contributed by atoms with Gasteiger partial charge in [-0.2, -0.15) is 0 Å². The predicted octanol–water partition coefficient (Wildman–Crippen LogP) is 3.11. The highest BCUT2D eigenvalue weighted by molar-refractivity contribution is 5.07. The van der Waals surface area contributed by atoms with Crippen LogP contribution in [-0.2, 0) is 13.1 Å². The van der Waals surface area contributed by atoms with Gasteiger partial charge < -0.3 is 0 Å². The molecule has 0 radical (unpaired) electrons. The summed E-state index contributed by atoms with van der Waals surface area (Å²) in [6, 6.07) is 13.8. The summed E-state index contributed by atoms with van der Waals surface area (Å²) in [5.74, 6) is 0. The molecule has 0 aromatic carbocycles. The minimum Gasteiger partial charge on any atom is -0.293 e. The van der Waals surface area contributed by atoms with E-state index in [1.807, 2.05) is 24.5 Å². The molecule has 2 atom stereocenters. The van der Waals surface area contributed by atoms with Crippen molar-refractivity contribution in [3.05, 3.63) is 60.2 Å². The Kier molecular flexibility index (Phi) is 4.86. The maximum absolute atomic E-state index is 4.52. The van der Waals surface area contributed by atoms with Crippen molar-refractivity contribution in [2.24, 2.45) is 0 Å². The monoisotopic (exact) mass is 322 g/mol. The molecule has 2 aromatic heterocycles. The van der Waals surface area contributed by atoms with E-state index >= 15 is 0 Å². The summed E-state index contributed by atoms with van der Waals surface area (Å²) >= 11 is 0. The van der Waals surface area contributed by atoms with Crippen LogP contribution in [-0.4, -0.2) is 44.9 Å². The first-order valence-electron chi connectivity index (χ1n) is 9.18. The molecule has 126 valence electrons. The van der Waals surface area contributed by atoms with Crippen LogP contribution in [0.2, 0.25) is 0 Å². The Labute approximate surface area is 144 Å². The molecule has 2 aromatic rings. The summed E-state index contributed by atoms with van der Waals surface area (Å²) < 4.78 is 0. The van der Waals surface area contributed by atoms with Gasteiger partial charge in [-0.05, 0) is 63.0 Å². The first kappa shape index (κ1) is 15.7. The second-order valence-corrected chi connectivity index (χ2v) is 7.00. The molecular weight excluding hydrogens is 296 g/mol. The van der Waals surface area contributed by atoms with E-state index in [1.54, 1.807) is 0 Å². The minimum absolute atomic E-state index is 0.665. The van der Waals surface area contributed by atoms with E-state index < -0.39 is 0 Å². The van der Waals surface area contributed by atoms with E-state index in [2.05, 4.69) is 44.0 Å². The Morgan fingerprint density at radius 3 is 1.67 bits per heavy atom. The van der Waals surface area contributed by atoms with Crippen LogP contribution >= 0.6 is 0 Å². The van der Waals surface area contributed by atoms with Gasteiger partial charge >= 0.3 is 0 Å². The maximum atomic E-state index is 4.52. The molecule has 2 aliphatic rings. The Bertz CT molecular complexity index is 573. The normalized spacial score (nSPS) is 25.3. The zero-order chi connectivity index (χ0) is 16.2. The van der Waals surface area contributed by atoms with Gasteiger partial charge in [0.05, 0.1) is 11.4 Å². The Morgan fingerprint density at radius 2 is 1.25 bits per heavy atom. The van der Waals surface area contributed by atoms with Gasteiger partial charge in [0.2, 0.25) is 0 Å². The largest absolute Gasteiger partial charge is 0.293 e. The molecule has 0 aliphatic carbocycles. The maximum Gasteiger partial charge on any atom is 0.0544 e. The summed E-state index contributed by atoms with van der Waals surface area (Å²) in [4.78, 5) is 14.4. The molecule has 0 spiro atoms. The van der Waals surface area contributed by atoms with E-state index in [-0.39, 0.29) is 0 Å². The molecule has 0 saturated carbocycles. The lowest BCUT2D eigenvalue weighted by Crippen LogP contribution is -2.45. The van der Waals surface area contributed by atoms with Gasteiger partial charge in [-0.1, -0.05) is 12.1 Å². The molecule has 4 rings (SSSR count). The van der Waals surface area contributed by atoms with Gasteiger partial charge in [-0.25, -0.2) is 0 Å². The fourth-order valence-corrected chi connectivity index (χ4v) is 4.37. The van der Waals surface area contributed by atoms with E-state index in [0.717, 1.165) is 13.1 Å². The topological polar surface area (TPSA) is 32.3 Å². The van der Waals surface area contributed by atoms with Crippen molar-refractivity contribution >= 4 is 0 Å². The third kappa shape index (κ3) is 3.50. The van der Waals surface area contributed by atoms with Crippen LogP contribution in [0.5, 0.6) is 0 Å². The molecule has 4 heterocycles. The number of nitrogens with zero attached hydrogens (tertiary/aromatic N) is 4. The predicted molar refractivity (Wildman–Crippen MR) is 95.3 cm³/mol. The lowest BCUT2D eigenvalue weighted by atomic mass is 10.0. The van der Waals surface area contributed by atoms with Crippen LogP contribution in [0, 0.1) is 0 Å². The summed E-state index contributed by atoms with van der Waals surface area (Å²) in [5.41, 5.74) is 2.39. The van der Waals surface area contributed by atoms with Crippen molar-refractivity contribution < 1.29 is 0 Å². The van der Waals surface area contributed by atoms with Crippen LogP contribution in [0.3, 0.4) is 0 Å². The van der Waals surface area contributed by atoms with Crippen LogP contribution in [0.15, 0.2) is 48.8 Å². The quantitative estimate of drug-likeness (QED) is 0.847. The molecule has 4 heteroatoms. The number of likely N-dealkylation sites (tertiary alicyclic amines) is 2. The second-order valence-electron chi connectivity index (χ2n) is 7.00. The Balaban J connectivity index is 1.44. The molecule has 4 nitrogen and oxygen atoms in total. The van der Waals surface area contributed by atoms with Crippen LogP contribution in [0.1, 0.15) is 37.1 Å². The van der Waals surface area contributed by atoms with E-state index in [4.69, 9.17) is 0 Å². The summed E-state index contributed by atoms with van der Waals surface area (Å²) in [6.45, 7) is 4.38. The molecule has 0 amide bonds. The summed E-state index contributed by atoms with van der Waals surface area (Å²) in [6.07, 6.45) is 9.07. The Hall–Kier alpha value is -1.78. The number of hydrogen-bond acceptors (Lipinski definition) is 4. The highest BCUT2D eigenvalue weighted by atomic mass is 15.3. The first-order chi connectivity index (χ1) is 11.9. The van der Waals surface area contributed by atoms with Crippen molar-refractivity contribution in [3.63, 3.8) is 0 Å². The molecule has 0 N–H and O–H groups in total. The zero-order valence-electron chi connectivity index (χ0n) is 14.2. The third-order valence-electron chi connectivity index (χ3n) is 5.46. The Morgan fingerprint density at radius 1 is 0.750 bits per heavy atom. The number of aromatic nitrogens is 2. The lowest BCUT2D eigenvalue weighted by molar-refractivity contribution is 0.122. The minimum atomic E-state index is 0.665.